The SMILES string of the molecule is Cn1c(-c2ccccc2C(F)(F)F)nnc1C(C)(C)Oc1ccc(Cl)cc1-c1nnco1. The van der Waals surface area contributed by atoms with Crippen LogP contribution in [0.15, 0.2) is 53.3 Å². The van der Waals surface area contributed by atoms with E-state index in [0.29, 0.717) is 22.2 Å². The molecule has 0 aliphatic rings. The van der Waals surface area contributed by atoms with Crippen LogP contribution in [0.5, 0.6) is 5.75 Å². The van der Waals surface area contributed by atoms with Crippen molar-refractivity contribution >= 4 is 11.6 Å². The number of ether oxygens (including phenoxy) is 1. The minimum Gasteiger partial charge on any atom is -0.479 e. The standard InChI is InChI=1S/C21H17ClF3N5O2/c1-20(2,32-16-9-8-12(22)10-14(16)18-28-26-11-31-18)19-29-27-17(30(19)3)13-6-4-5-7-15(13)21(23,24)25/h4-11H,1-3H3. The normalized spacial score (nSPS) is 12.2. The van der Waals surface area contributed by atoms with Crippen molar-refractivity contribution < 1.29 is 22.3 Å². The second-order valence-corrected chi connectivity index (χ2v) is 7.88. The van der Waals surface area contributed by atoms with Gasteiger partial charge in [-0.2, -0.15) is 13.2 Å². The number of aromatic nitrogens is 5. The molecule has 4 aromatic rings. The third-order valence-corrected chi connectivity index (χ3v) is 5.02. The van der Waals surface area contributed by atoms with Crippen molar-refractivity contribution in [1.82, 2.24) is 25.0 Å². The van der Waals surface area contributed by atoms with Gasteiger partial charge in [0.1, 0.15) is 5.75 Å². The number of alkyl halides is 3. The number of halogens is 4. The van der Waals surface area contributed by atoms with Gasteiger partial charge in [-0.1, -0.05) is 29.8 Å². The minimum atomic E-state index is -4.53. The van der Waals surface area contributed by atoms with E-state index in [1.165, 1.54) is 29.2 Å². The van der Waals surface area contributed by atoms with E-state index < -0.39 is 17.3 Å². The van der Waals surface area contributed by atoms with Gasteiger partial charge >= 0.3 is 6.18 Å². The molecule has 0 unspecified atom stereocenters. The third-order valence-electron chi connectivity index (χ3n) is 4.78. The van der Waals surface area contributed by atoms with Crippen LogP contribution in [0.25, 0.3) is 22.8 Å². The molecule has 32 heavy (non-hydrogen) atoms. The van der Waals surface area contributed by atoms with E-state index in [9.17, 15) is 13.2 Å². The van der Waals surface area contributed by atoms with Gasteiger partial charge in [-0.25, -0.2) is 0 Å². The summed E-state index contributed by atoms with van der Waals surface area (Å²) in [6.07, 6.45) is -3.35. The van der Waals surface area contributed by atoms with Crippen molar-refractivity contribution in [3.05, 3.63) is 65.3 Å². The molecule has 0 amide bonds. The van der Waals surface area contributed by atoms with Crippen molar-refractivity contribution in [1.29, 1.82) is 0 Å². The first-order chi connectivity index (χ1) is 15.1. The van der Waals surface area contributed by atoms with Gasteiger partial charge in [-0.05, 0) is 38.1 Å². The minimum absolute atomic E-state index is 0.0674. The number of benzene rings is 2. The Kier molecular flexibility index (Phi) is 5.41. The van der Waals surface area contributed by atoms with Crippen LogP contribution >= 0.6 is 11.6 Å². The fourth-order valence-corrected chi connectivity index (χ4v) is 3.55. The third kappa shape index (κ3) is 4.05. The molecule has 166 valence electrons. The molecule has 0 saturated heterocycles. The first-order valence-electron chi connectivity index (χ1n) is 9.39. The highest BCUT2D eigenvalue weighted by molar-refractivity contribution is 6.30. The quantitative estimate of drug-likeness (QED) is 0.388. The summed E-state index contributed by atoms with van der Waals surface area (Å²) in [4.78, 5) is 0. The van der Waals surface area contributed by atoms with Crippen LogP contribution in [0.4, 0.5) is 13.2 Å². The Bertz CT molecular complexity index is 1250. The highest BCUT2D eigenvalue weighted by Crippen LogP contribution is 2.39. The molecule has 0 radical (unpaired) electrons. The van der Waals surface area contributed by atoms with Crippen molar-refractivity contribution in [3.63, 3.8) is 0 Å². The molecule has 2 aromatic carbocycles. The average Bonchev–Trinajstić information content (AvgIpc) is 3.39. The van der Waals surface area contributed by atoms with Gasteiger partial charge < -0.3 is 13.7 Å². The van der Waals surface area contributed by atoms with Gasteiger partial charge in [0, 0.05) is 17.6 Å². The van der Waals surface area contributed by atoms with Crippen LogP contribution in [0.1, 0.15) is 25.2 Å². The van der Waals surface area contributed by atoms with E-state index in [2.05, 4.69) is 20.4 Å². The summed E-state index contributed by atoms with van der Waals surface area (Å²) >= 11 is 6.11. The molecule has 0 fully saturated rings. The van der Waals surface area contributed by atoms with Crippen LogP contribution in [0, 0.1) is 0 Å². The molecular weight excluding hydrogens is 447 g/mol. The molecule has 2 aromatic heterocycles. The van der Waals surface area contributed by atoms with E-state index in [-0.39, 0.29) is 17.3 Å². The summed E-state index contributed by atoms with van der Waals surface area (Å²) in [5.74, 6) is 0.966. The second kappa shape index (κ2) is 7.94. The lowest BCUT2D eigenvalue weighted by atomic mass is 10.1. The fourth-order valence-electron chi connectivity index (χ4n) is 3.38. The maximum atomic E-state index is 13.5. The maximum absolute atomic E-state index is 13.5. The van der Waals surface area contributed by atoms with Crippen molar-refractivity contribution in [2.24, 2.45) is 7.05 Å². The van der Waals surface area contributed by atoms with Crippen LogP contribution in [0.2, 0.25) is 5.02 Å². The lowest BCUT2D eigenvalue weighted by Crippen LogP contribution is -2.29. The van der Waals surface area contributed by atoms with E-state index in [0.717, 1.165) is 6.07 Å². The first kappa shape index (κ1) is 21.8. The van der Waals surface area contributed by atoms with Crippen molar-refractivity contribution in [2.75, 3.05) is 0 Å². The van der Waals surface area contributed by atoms with Crippen molar-refractivity contribution in [2.45, 2.75) is 25.6 Å². The topological polar surface area (TPSA) is 78.9 Å². The van der Waals surface area contributed by atoms with Gasteiger partial charge in [0.05, 0.1) is 11.1 Å². The van der Waals surface area contributed by atoms with Crippen LogP contribution < -0.4 is 4.74 Å². The molecular formula is C21H17ClF3N5O2. The summed E-state index contributed by atoms with van der Waals surface area (Å²) < 4.78 is 53.4. The number of rotatable bonds is 5. The van der Waals surface area contributed by atoms with E-state index >= 15 is 0 Å². The predicted octanol–water partition coefficient (Wildman–Crippen LogP) is 5.52. The van der Waals surface area contributed by atoms with Gasteiger partial charge in [-0.15, -0.1) is 20.4 Å². The molecule has 0 aliphatic heterocycles. The molecule has 0 aliphatic carbocycles. The molecule has 0 atom stereocenters. The first-order valence-corrected chi connectivity index (χ1v) is 9.77. The van der Waals surface area contributed by atoms with Crippen LogP contribution in [-0.4, -0.2) is 25.0 Å². The predicted molar refractivity (Wildman–Crippen MR) is 110 cm³/mol. The maximum Gasteiger partial charge on any atom is 0.417 e. The lowest BCUT2D eigenvalue weighted by molar-refractivity contribution is -0.137. The van der Waals surface area contributed by atoms with Crippen molar-refractivity contribution in [3.8, 4) is 28.6 Å². The zero-order valence-electron chi connectivity index (χ0n) is 17.2. The Morgan fingerprint density at radius 3 is 2.44 bits per heavy atom. The smallest absolute Gasteiger partial charge is 0.417 e. The fraction of sp³-hybridized carbons (Fsp3) is 0.238. The summed E-state index contributed by atoms with van der Waals surface area (Å²) in [6.45, 7) is 3.45. The van der Waals surface area contributed by atoms with Gasteiger partial charge in [0.2, 0.25) is 6.39 Å². The van der Waals surface area contributed by atoms with E-state index in [1.54, 1.807) is 39.1 Å². The van der Waals surface area contributed by atoms with Crippen LogP contribution in [-0.2, 0) is 18.8 Å². The zero-order chi connectivity index (χ0) is 23.1. The summed E-state index contributed by atoms with van der Waals surface area (Å²) in [5, 5.41) is 16.2. The van der Waals surface area contributed by atoms with Gasteiger partial charge in [0.15, 0.2) is 17.2 Å². The second-order valence-electron chi connectivity index (χ2n) is 7.45. The van der Waals surface area contributed by atoms with E-state index in [4.69, 9.17) is 20.8 Å². The van der Waals surface area contributed by atoms with Crippen LogP contribution in [0.3, 0.4) is 0 Å². The molecule has 4 rings (SSSR count). The summed E-state index contributed by atoms with van der Waals surface area (Å²) in [7, 11) is 1.59. The monoisotopic (exact) mass is 463 g/mol. The average molecular weight is 464 g/mol. The van der Waals surface area contributed by atoms with Gasteiger partial charge in [0.25, 0.3) is 5.89 Å². The highest BCUT2D eigenvalue weighted by Gasteiger charge is 2.36. The molecule has 0 spiro atoms. The Morgan fingerprint density at radius 2 is 1.75 bits per heavy atom. The van der Waals surface area contributed by atoms with E-state index in [1.807, 2.05) is 0 Å². The molecule has 2 heterocycles. The number of hydrogen-bond acceptors (Lipinski definition) is 6. The molecule has 7 nitrogen and oxygen atoms in total. The number of hydrogen-bond donors (Lipinski definition) is 0. The number of nitrogens with zero attached hydrogens (tertiary/aromatic N) is 5. The zero-order valence-corrected chi connectivity index (χ0v) is 17.9. The molecule has 11 heteroatoms. The molecule has 0 saturated carbocycles. The summed E-state index contributed by atoms with van der Waals surface area (Å²) in [6, 6.07) is 10.1. The Hall–Kier alpha value is -3.40. The molecule has 0 bridgehead atoms. The largest absolute Gasteiger partial charge is 0.479 e. The Labute approximate surface area is 185 Å². The highest BCUT2D eigenvalue weighted by atomic mass is 35.5. The summed E-state index contributed by atoms with van der Waals surface area (Å²) in [5.41, 5.74) is -1.49. The van der Waals surface area contributed by atoms with Gasteiger partial charge in [-0.3, -0.25) is 0 Å². The molecule has 0 N–H and O–H groups in total. The lowest BCUT2D eigenvalue weighted by Gasteiger charge is -2.26. The Balaban J connectivity index is 1.74. The Morgan fingerprint density at radius 1 is 1.00 bits per heavy atom.